The minimum Gasteiger partial charge on any atom is -0.355 e. The van der Waals surface area contributed by atoms with Crippen LogP contribution in [0.4, 0.5) is 11.4 Å². The van der Waals surface area contributed by atoms with E-state index in [-0.39, 0.29) is 11.6 Å². The van der Waals surface area contributed by atoms with E-state index in [1.54, 1.807) is 6.92 Å². The van der Waals surface area contributed by atoms with Crippen LogP contribution in [0.15, 0.2) is 60.7 Å². The van der Waals surface area contributed by atoms with E-state index in [1.165, 1.54) is 5.56 Å². The lowest BCUT2D eigenvalue weighted by Gasteiger charge is -2.25. The zero-order valence-corrected chi connectivity index (χ0v) is 17.0. The molecule has 4 heteroatoms. The number of pyridine rings is 1. The van der Waals surface area contributed by atoms with Crippen molar-refractivity contribution >= 4 is 33.8 Å². The van der Waals surface area contributed by atoms with Gasteiger partial charge in [0.2, 0.25) is 0 Å². The summed E-state index contributed by atoms with van der Waals surface area (Å²) in [7, 11) is 0. The first kappa shape index (κ1) is 18.3. The summed E-state index contributed by atoms with van der Waals surface area (Å²) in [4.78, 5) is 30.8. The van der Waals surface area contributed by atoms with Crippen LogP contribution in [0.1, 0.15) is 44.5 Å². The van der Waals surface area contributed by atoms with Gasteiger partial charge in [0.1, 0.15) is 0 Å². The Balaban J connectivity index is 1.87. The molecule has 0 bridgehead atoms. The van der Waals surface area contributed by atoms with E-state index in [0.29, 0.717) is 28.1 Å². The van der Waals surface area contributed by atoms with Gasteiger partial charge in [-0.05, 0) is 50.6 Å². The number of nitrogens with one attached hydrogen (secondary N) is 1. The SMILES string of the molecule is CC(=O)c1c(C)nc2ccc(Nc3ccc(C)cc3)c3c2c1-c1ccccc1C3=O. The highest BCUT2D eigenvalue weighted by Crippen LogP contribution is 2.44. The molecule has 0 radical (unpaired) electrons. The van der Waals surface area contributed by atoms with Crippen molar-refractivity contribution in [3.05, 3.63) is 88.6 Å². The Morgan fingerprint density at radius 1 is 0.867 bits per heavy atom. The second-order valence-corrected chi connectivity index (χ2v) is 7.75. The van der Waals surface area contributed by atoms with Crippen molar-refractivity contribution in [2.24, 2.45) is 0 Å². The first-order chi connectivity index (χ1) is 14.5. The van der Waals surface area contributed by atoms with Crippen LogP contribution in [-0.4, -0.2) is 16.6 Å². The van der Waals surface area contributed by atoms with E-state index in [1.807, 2.05) is 74.5 Å². The van der Waals surface area contributed by atoms with E-state index in [0.717, 1.165) is 27.7 Å². The molecule has 1 aliphatic rings. The number of carbonyl (C=O) groups is 2. The van der Waals surface area contributed by atoms with Gasteiger partial charge in [-0.1, -0.05) is 42.0 Å². The molecule has 0 amide bonds. The molecule has 5 rings (SSSR count). The van der Waals surface area contributed by atoms with Crippen LogP contribution < -0.4 is 5.32 Å². The second-order valence-electron chi connectivity index (χ2n) is 7.75. The Morgan fingerprint density at radius 3 is 2.27 bits per heavy atom. The van der Waals surface area contributed by atoms with Crippen molar-refractivity contribution in [3.8, 4) is 11.1 Å². The molecule has 4 nitrogen and oxygen atoms in total. The maximum atomic E-state index is 13.6. The lowest BCUT2D eigenvalue weighted by Crippen LogP contribution is -2.16. The van der Waals surface area contributed by atoms with Crippen molar-refractivity contribution in [1.29, 1.82) is 0 Å². The molecule has 1 aliphatic carbocycles. The number of aromatic nitrogens is 1. The third kappa shape index (κ3) is 2.65. The Hall–Kier alpha value is -3.79. The lowest BCUT2D eigenvalue weighted by atomic mass is 9.80. The topological polar surface area (TPSA) is 59.1 Å². The van der Waals surface area contributed by atoms with Gasteiger partial charge < -0.3 is 5.32 Å². The van der Waals surface area contributed by atoms with E-state index < -0.39 is 0 Å². The predicted octanol–water partition coefficient (Wildman–Crippen LogP) is 6.01. The fourth-order valence-electron chi connectivity index (χ4n) is 4.35. The molecular formula is C26H20N2O2. The number of Topliss-reactive ketones (excluding diaryl/α,β-unsaturated/α-hetero) is 1. The van der Waals surface area contributed by atoms with Crippen LogP contribution in [0.3, 0.4) is 0 Å². The normalized spacial score (nSPS) is 12.0. The molecule has 0 aliphatic heterocycles. The van der Waals surface area contributed by atoms with Crippen LogP contribution in [0.25, 0.3) is 22.0 Å². The minimum absolute atomic E-state index is 0.0519. The van der Waals surface area contributed by atoms with Crippen LogP contribution in [0.5, 0.6) is 0 Å². The first-order valence-corrected chi connectivity index (χ1v) is 9.91. The number of nitrogens with zero attached hydrogens (tertiary/aromatic N) is 1. The Kier molecular flexibility index (Phi) is 4.03. The highest BCUT2D eigenvalue weighted by Gasteiger charge is 2.31. The van der Waals surface area contributed by atoms with Gasteiger partial charge in [0, 0.05) is 33.5 Å². The molecule has 30 heavy (non-hydrogen) atoms. The molecule has 1 aromatic heterocycles. The summed E-state index contributed by atoms with van der Waals surface area (Å²) in [6, 6.07) is 19.3. The number of benzene rings is 3. The number of hydrogen-bond donors (Lipinski definition) is 1. The van der Waals surface area contributed by atoms with Crippen LogP contribution in [0, 0.1) is 13.8 Å². The summed E-state index contributed by atoms with van der Waals surface area (Å²) in [5, 5.41) is 4.14. The Bertz CT molecular complexity index is 1370. The molecule has 1 heterocycles. The van der Waals surface area contributed by atoms with Gasteiger partial charge in [0.05, 0.1) is 16.8 Å². The molecule has 0 saturated heterocycles. The molecule has 4 aromatic rings. The van der Waals surface area contributed by atoms with Crippen molar-refractivity contribution in [3.63, 3.8) is 0 Å². The summed E-state index contributed by atoms with van der Waals surface area (Å²) in [5.74, 6) is -0.109. The Labute approximate surface area is 174 Å². The molecule has 0 atom stereocenters. The number of carbonyl (C=O) groups excluding carboxylic acids is 2. The van der Waals surface area contributed by atoms with E-state index in [4.69, 9.17) is 0 Å². The summed E-state index contributed by atoms with van der Waals surface area (Å²) < 4.78 is 0. The van der Waals surface area contributed by atoms with Crippen molar-refractivity contribution in [2.45, 2.75) is 20.8 Å². The Morgan fingerprint density at radius 2 is 1.57 bits per heavy atom. The smallest absolute Gasteiger partial charge is 0.196 e. The number of hydrogen-bond acceptors (Lipinski definition) is 4. The predicted molar refractivity (Wildman–Crippen MR) is 120 cm³/mol. The summed E-state index contributed by atoms with van der Waals surface area (Å²) in [6.45, 7) is 5.44. The highest BCUT2D eigenvalue weighted by molar-refractivity contribution is 6.30. The monoisotopic (exact) mass is 392 g/mol. The largest absolute Gasteiger partial charge is 0.355 e. The third-order valence-electron chi connectivity index (χ3n) is 5.68. The molecule has 3 aromatic carbocycles. The second kappa shape index (κ2) is 6.63. The van der Waals surface area contributed by atoms with Crippen molar-refractivity contribution in [2.75, 3.05) is 5.32 Å². The average molecular weight is 392 g/mol. The number of fused-ring (bicyclic) bond motifs is 2. The highest BCUT2D eigenvalue weighted by atomic mass is 16.1. The molecule has 0 spiro atoms. The zero-order chi connectivity index (χ0) is 21.0. The maximum Gasteiger partial charge on any atom is 0.196 e. The molecule has 0 saturated carbocycles. The van der Waals surface area contributed by atoms with Gasteiger partial charge in [-0.2, -0.15) is 0 Å². The standard InChI is InChI=1S/C26H20N2O2/c1-14-8-10-17(11-9-14)28-21-13-12-20-24-23(22(16(3)29)15(2)27-20)18-6-4-5-7-19(18)26(30)25(21)24/h4-13,28H,1-3H3. The molecule has 1 N–H and O–H groups in total. The van der Waals surface area contributed by atoms with Crippen LogP contribution in [0.2, 0.25) is 0 Å². The number of rotatable bonds is 3. The van der Waals surface area contributed by atoms with Gasteiger partial charge >= 0.3 is 0 Å². The number of ketones is 2. The number of anilines is 2. The van der Waals surface area contributed by atoms with Crippen molar-refractivity contribution < 1.29 is 9.59 Å². The van der Waals surface area contributed by atoms with Gasteiger partial charge in [-0.3, -0.25) is 14.6 Å². The molecule has 0 fully saturated rings. The number of aryl methyl sites for hydroxylation is 2. The van der Waals surface area contributed by atoms with Crippen LogP contribution >= 0.6 is 0 Å². The average Bonchev–Trinajstić information content (AvgIpc) is 2.73. The van der Waals surface area contributed by atoms with E-state index in [9.17, 15) is 9.59 Å². The minimum atomic E-state index is -0.0570. The van der Waals surface area contributed by atoms with Crippen molar-refractivity contribution in [1.82, 2.24) is 4.98 Å². The quantitative estimate of drug-likeness (QED) is 0.382. The van der Waals surface area contributed by atoms with Gasteiger partial charge in [-0.15, -0.1) is 0 Å². The fraction of sp³-hybridized carbons (Fsp3) is 0.115. The fourth-order valence-corrected chi connectivity index (χ4v) is 4.35. The van der Waals surface area contributed by atoms with E-state index in [2.05, 4.69) is 10.3 Å². The third-order valence-corrected chi connectivity index (χ3v) is 5.68. The molecule has 0 unspecified atom stereocenters. The van der Waals surface area contributed by atoms with Gasteiger partial charge in [0.25, 0.3) is 0 Å². The molecule has 146 valence electrons. The maximum absolute atomic E-state index is 13.6. The zero-order valence-electron chi connectivity index (χ0n) is 17.0. The lowest BCUT2D eigenvalue weighted by molar-refractivity contribution is 0.101. The van der Waals surface area contributed by atoms with Gasteiger partial charge in [-0.25, -0.2) is 0 Å². The summed E-state index contributed by atoms with van der Waals surface area (Å²) in [6.07, 6.45) is 0. The van der Waals surface area contributed by atoms with Crippen LogP contribution in [-0.2, 0) is 0 Å². The first-order valence-electron chi connectivity index (χ1n) is 9.91. The summed E-state index contributed by atoms with van der Waals surface area (Å²) in [5.41, 5.74) is 7.54. The summed E-state index contributed by atoms with van der Waals surface area (Å²) >= 11 is 0. The van der Waals surface area contributed by atoms with Gasteiger partial charge in [0.15, 0.2) is 11.6 Å². The van der Waals surface area contributed by atoms with E-state index >= 15 is 0 Å². The molecular weight excluding hydrogens is 372 g/mol.